The normalized spacial score (nSPS) is 10.5. The van der Waals surface area contributed by atoms with Crippen LogP contribution in [-0.4, -0.2) is 20.8 Å². The fourth-order valence-electron chi connectivity index (χ4n) is 2.89. The Balaban J connectivity index is 1.58. The second-order valence-electron chi connectivity index (χ2n) is 6.34. The number of amides is 2. The van der Waals surface area contributed by atoms with E-state index in [4.69, 9.17) is 0 Å². The van der Waals surface area contributed by atoms with Gasteiger partial charge in [-0.25, -0.2) is 13.9 Å². The van der Waals surface area contributed by atoms with E-state index >= 15 is 0 Å². The number of para-hydroxylation sites is 1. The average Bonchev–Trinajstić information content (AvgIpc) is 3.18. The molecule has 0 aliphatic heterocycles. The number of urea groups is 1. The van der Waals surface area contributed by atoms with Crippen molar-refractivity contribution in [1.82, 2.24) is 20.1 Å². The SMILES string of the molecule is O=C(NCc1cn(-c2ccccc2)nc1-c1ccc(F)cc1)Nc1cccnc1. The standard InChI is InChI=1S/C22H18FN5O/c23-18-10-8-16(9-11-18)21-17(15-28(27-21)20-6-2-1-3-7-20)13-25-22(29)26-19-5-4-12-24-14-19/h1-12,14-15H,13H2,(H2,25,26,29). The zero-order chi connectivity index (χ0) is 20.1. The molecule has 2 heterocycles. The number of carbonyl (C=O) groups is 1. The summed E-state index contributed by atoms with van der Waals surface area (Å²) in [5.74, 6) is -0.313. The molecule has 0 unspecified atom stereocenters. The lowest BCUT2D eigenvalue weighted by Crippen LogP contribution is -2.28. The highest BCUT2D eigenvalue weighted by Crippen LogP contribution is 2.24. The summed E-state index contributed by atoms with van der Waals surface area (Å²) in [4.78, 5) is 16.2. The minimum Gasteiger partial charge on any atom is -0.334 e. The van der Waals surface area contributed by atoms with E-state index in [2.05, 4.69) is 20.7 Å². The highest BCUT2D eigenvalue weighted by molar-refractivity contribution is 5.89. The molecule has 2 N–H and O–H groups in total. The van der Waals surface area contributed by atoms with Gasteiger partial charge in [-0.3, -0.25) is 4.98 Å². The maximum atomic E-state index is 13.3. The molecule has 0 atom stereocenters. The first-order valence-corrected chi connectivity index (χ1v) is 9.04. The third kappa shape index (κ3) is 4.47. The predicted octanol–water partition coefficient (Wildman–Crippen LogP) is 4.40. The zero-order valence-corrected chi connectivity index (χ0v) is 15.4. The summed E-state index contributed by atoms with van der Waals surface area (Å²) >= 11 is 0. The number of aromatic nitrogens is 3. The Labute approximate surface area is 167 Å². The summed E-state index contributed by atoms with van der Waals surface area (Å²) in [6, 6.07) is 18.9. The molecule has 0 fully saturated rings. The van der Waals surface area contributed by atoms with E-state index in [1.54, 1.807) is 41.3 Å². The second kappa shape index (κ2) is 8.35. The second-order valence-corrected chi connectivity index (χ2v) is 6.34. The van der Waals surface area contributed by atoms with E-state index in [9.17, 15) is 9.18 Å². The highest BCUT2D eigenvalue weighted by atomic mass is 19.1. The predicted molar refractivity (Wildman–Crippen MR) is 109 cm³/mol. The Morgan fingerprint density at radius 2 is 1.79 bits per heavy atom. The van der Waals surface area contributed by atoms with Gasteiger partial charge in [-0.1, -0.05) is 18.2 Å². The van der Waals surface area contributed by atoms with Gasteiger partial charge in [0, 0.05) is 30.1 Å². The van der Waals surface area contributed by atoms with E-state index in [0.717, 1.165) is 16.8 Å². The van der Waals surface area contributed by atoms with E-state index < -0.39 is 0 Å². The number of hydrogen-bond acceptors (Lipinski definition) is 3. The van der Waals surface area contributed by atoms with Crippen LogP contribution in [-0.2, 0) is 6.54 Å². The number of nitrogens with zero attached hydrogens (tertiary/aromatic N) is 3. The number of halogens is 1. The molecule has 144 valence electrons. The molecule has 2 aromatic carbocycles. The van der Waals surface area contributed by atoms with Crippen LogP contribution < -0.4 is 10.6 Å². The summed E-state index contributed by atoms with van der Waals surface area (Å²) in [5.41, 5.74) is 3.74. The Hall–Kier alpha value is -4.00. The monoisotopic (exact) mass is 387 g/mol. The molecule has 0 saturated heterocycles. The van der Waals surface area contributed by atoms with E-state index in [1.807, 2.05) is 36.5 Å². The number of pyridine rings is 1. The lowest BCUT2D eigenvalue weighted by atomic mass is 10.1. The zero-order valence-electron chi connectivity index (χ0n) is 15.4. The van der Waals surface area contributed by atoms with Crippen molar-refractivity contribution in [3.63, 3.8) is 0 Å². The lowest BCUT2D eigenvalue weighted by Gasteiger charge is -2.07. The molecule has 2 amide bonds. The maximum absolute atomic E-state index is 13.3. The largest absolute Gasteiger partial charge is 0.334 e. The van der Waals surface area contributed by atoms with Crippen LogP contribution in [0.2, 0.25) is 0 Å². The molecule has 0 saturated carbocycles. The van der Waals surface area contributed by atoms with Crippen LogP contribution >= 0.6 is 0 Å². The van der Waals surface area contributed by atoms with Gasteiger partial charge in [0.1, 0.15) is 5.82 Å². The van der Waals surface area contributed by atoms with Crippen molar-refractivity contribution in [2.75, 3.05) is 5.32 Å². The number of benzene rings is 2. The molecule has 6 nitrogen and oxygen atoms in total. The molecule has 7 heteroatoms. The minimum atomic E-state index is -0.351. The van der Waals surface area contributed by atoms with Crippen LogP contribution in [0.3, 0.4) is 0 Å². The van der Waals surface area contributed by atoms with Gasteiger partial charge in [0.2, 0.25) is 0 Å². The van der Waals surface area contributed by atoms with Crippen molar-refractivity contribution in [3.8, 4) is 16.9 Å². The minimum absolute atomic E-state index is 0.256. The fraction of sp³-hybridized carbons (Fsp3) is 0.0455. The molecule has 29 heavy (non-hydrogen) atoms. The average molecular weight is 387 g/mol. The molecule has 0 radical (unpaired) electrons. The molecule has 2 aromatic heterocycles. The summed E-state index contributed by atoms with van der Waals surface area (Å²) in [7, 11) is 0. The third-order valence-corrected chi connectivity index (χ3v) is 4.29. The van der Waals surface area contributed by atoms with Crippen LogP contribution in [0.15, 0.2) is 85.3 Å². The highest BCUT2D eigenvalue weighted by Gasteiger charge is 2.13. The molecule has 0 bridgehead atoms. The van der Waals surface area contributed by atoms with E-state index in [0.29, 0.717) is 11.4 Å². The summed E-state index contributed by atoms with van der Waals surface area (Å²) in [6.45, 7) is 0.256. The Kier molecular flexibility index (Phi) is 5.29. The van der Waals surface area contributed by atoms with Crippen molar-refractivity contribution in [2.24, 2.45) is 0 Å². The van der Waals surface area contributed by atoms with Crippen LogP contribution in [0.1, 0.15) is 5.56 Å². The van der Waals surface area contributed by atoms with Gasteiger partial charge in [-0.2, -0.15) is 5.10 Å². The molecule has 4 aromatic rings. The first-order valence-electron chi connectivity index (χ1n) is 9.04. The molecular weight excluding hydrogens is 369 g/mol. The fourth-order valence-corrected chi connectivity index (χ4v) is 2.89. The summed E-state index contributed by atoms with van der Waals surface area (Å²) < 4.78 is 15.1. The van der Waals surface area contributed by atoms with Crippen molar-refractivity contribution < 1.29 is 9.18 Å². The molecule has 0 aliphatic rings. The molecule has 4 rings (SSSR count). The Morgan fingerprint density at radius 1 is 1.00 bits per heavy atom. The van der Waals surface area contributed by atoms with Gasteiger partial charge in [-0.05, 0) is 48.5 Å². The number of rotatable bonds is 5. The lowest BCUT2D eigenvalue weighted by molar-refractivity contribution is 0.251. The van der Waals surface area contributed by atoms with Crippen molar-refractivity contribution in [1.29, 1.82) is 0 Å². The van der Waals surface area contributed by atoms with Crippen LogP contribution in [0, 0.1) is 5.82 Å². The number of hydrogen-bond donors (Lipinski definition) is 2. The van der Waals surface area contributed by atoms with Crippen LogP contribution in [0.4, 0.5) is 14.9 Å². The Bertz CT molecular complexity index is 1100. The van der Waals surface area contributed by atoms with E-state index in [1.165, 1.54) is 12.1 Å². The number of nitrogens with one attached hydrogen (secondary N) is 2. The van der Waals surface area contributed by atoms with Crippen LogP contribution in [0.25, 0.3) is 16.9 Å². The molecule has 0 aliphatic carbocycles. The number of carbonyl (C=O) groups excluding carboxylic acids is 1. The quantitative estimate of drug-likeness (QED) is 0.533. The third-order valence-electron chi connectivity index (χ3n) is 4.29. The first-order chi connectivity index (χ1) is 14.2. The van der Waals surface area contributed by atoms with Gasteiger partial charge in [0.05, 0.1) is 23.3 Å². The van der Waals surface area contributed by atoms with Gasteiger partial charge >= 0.3 is 6.03 Å². The van der Waals surface area contributed by atoms with Gasteiger partial charge in [0.25, 0.3) is 0 Å². The number of anilines is 1. The van der Waals surface area contributed by atoms with Crippen molar-refractivity contribution >= 4 is 11.7 Å². The van der Waals surface area contributed by atoms with E-state index in [-0.39, 0.29) is 18.4 Å². The van der Waals surface area contributed by atoms with Gasteiger partial charge in [-0.15, -0.1) is 0 Å². The van der Waals surface area contributed by atoms with Crippen molar-refractivity contribution in [3.05, 3.63) is 96.7 Å². The first kappa shape index (κ1) is 18.4. The Morgan fingerprint density at radius 3 is 2.52 bits per heavy atom. The summed E-state index contributed by atoms with van der Waals surface area (Å²) in [5, 5.41) is 10.2. The maximum Gasteiger partial charge on any atom is 0.319 e. The topological polar surface area (TPSA) is 71.8 Å². The van der Waals surface area contributed by atoms with Gasteiger partial charge in [0.15, 0.2) is 0 Å². The van der Waals surface area contributed by atoms with Crippen LogP contribution in [0.5, 0.6) is 0 Å². The molecule has 0 spiro atoms. The smallest absolute Gasteiger partial charge is 0.319 e. The molecular formula is C22H18FN5O. The van der Waals surface area contributed by atoms with Gasteiger partial charge < -0.3 is 10.6 Å². The summed E-state index contributed by atoms with van der Waals surface area (Å²) in [6.07, 6.45) is 5.06. The van der Waals surface area contributed by atoms with Crippen molar-refractivity contribution in [2.45, 2.75) is 6.54 Å².